The number of amides is 1. The first-order valence-electron chi connectivity index (χ1n) is 6.91. The van der Waals surface area contributed by atoms with Crippen LogP contribution in [0.2, 0.25) is 5.02 Å². The molecule has 1 amide bonds. The summed E-state index contributed by atoms with van der Waals surface area (Å²) >= 11 is 5.74. The van der Waals surface area contributed by atoms with Crippen LogP contribution in [-0.2, 0) is 4.79 Å². The summed E-state index contributed by atoms with van der Waals surface area (Å²) in [4.78, 5) is 27.8. The maximum Gasteiger partial charge on any atom is 0.329 e. The summed E-state index contributed by atoms with van der Waals surface area (Å²) in [6.07, 6.45) is 5.65. The van der Waals surface area contributed by atoms with Crippen molar-refractivity contribution in [3.05, 3.63) is 23.0 Å². The lowest BCUT2D eigenvalue weighted by Gasteiger charge is -2.29. The number of rotatable bonds is 3. The molecule has 1 aliphatic carbocycles. The van der Waals surface area contributed by atoms with Crippen LogP contribution >= 0.6 is 11.6 Å². The highest BCUT2D eigenvalue weighted by molar-refractivity contribution is 6.30. The molecule has 0 aliphatic heterocycles. The van der Waals surface area contributed by atoms with Crippen molar-refractivity contribution < 1.29 is 14.7 Å². The van der Waals surface area contributed by atoms with Gasteiger partial charge in [-0.15, -0.1) is 0 Å². The Labute approximate surface area is 127 Å². The lowest BCUT2D eigenvalue weighted by molar-refractivity contribution is -0.145. The Kier molecular flexibility index (Phi) is 4.67. The SMILES string of the molecule is Nc1cc(Cl)cnc1C(=O)NC1(C(=O)O)CCCCCC1. The van der Waals surface area contributed by atoms with E-state index in [-0.39, 0.29) is 11.4 Å². The van der Waals surface area contributed by atoms with E-state index >= 15 is 0 Å². The highest BCUT2D eigenvalue weighted by Crippen LogP contribution is 2.28. The predicted molar refractivity (Wildman–Crippen MR) is 79.2 cm³/mol. The van der Waals surface area contributed by atoms with Crippen molar-refractivity contribution >= 4 is 29.2 Å². The van der Waals surface area contributed by atoms with Crippen LogP contribution in [0.4, 0.5) is 5.69 Å². The number of nitrogens with one attached hydrogen (secondary N) is 1. The highest BCUT2D eigenvalue weighted by atomic mass is 35.5. The number of carbonyl (C=O) groups is 2. The van der Waals surface area contributed by atoms with E-state index in [4.69, 9.17) is 17.3 Å². The summed E-state index contributed by atoms with van der Waals surface area (Å²) in [6, 6.07) is 1.42. The van der Waals surface area contributed by atoms with Gasteiger partial charge in [-0.25, -0.2) is 9.78 Å². The molecule has 1 aromatic rings. The number of halogens is 1. The van der Waals surface area contributed by atoms with Crippen molar-refractivity contribution in [2.24, 2.45) is 0 Å². The molecule has 4 N–H and O–H groups in total. The van der Waals surface area contributed by atoms with Gasteiger partial charge in [0, 0.05) is 6.20 Å². The van der Waals surface area contributed by atoms with Crippen molar-refractivity contribution in [1.29, 1.82) is 0 Å². The fourth-order valence-corrected chi connectivity index (χ4v) is 2.81. The number of carboxylic acids is 1. The van der Waals surface area contributed by atoms with Crippen LogP contribution < -0.4 is 11.1 Å². The van der Waals surface area contributed by atoms with Gasteiger partial charge in [0.25, 0.3) is 5.91 Å². The van der Waals surface area contributed by atoms with E-state index in [0.29, 0.717) is 17.9 Å². The van der Waals surface area contributed by atoms with Gasteiger partial charge in [0.1, 0.15) is 5.54 Å². The number of nitrogens with zero attached hydrogens (tertiary/aromatic N) is 1. The van der Waals surface area contributed by atoms with Crippen LogP contribution in [0.3, 0.4) is 0 Å². The second-order valence-electron chi connectivity index (χ2n) is 5.35. The molecule has 0 radical (unpaired) electrons. The predicted octanol–water partition coefficient (Wildman–Crippen LogP) is 2.22. The van der Waals surface area contributed by atoms with Crippen molar-refractivity contribution in [2.75, 3.05) is 5.73 Å². The standard InChI is InChI=1S/C14H18ClN3O3/c15-9-7-10(16)11(17-8-9)12(19)18-14(13(20)21)5-3-1-2-4-6-14/h7-8H,1-6,16H2,(H,18,19)(H,20,21). The van der Waals surface area contributed by atoms with E-state index in [9.17, 15) is 14.7 Å². The first-order valence-corrected chi connectivity index (χ1v) is 7.29. The zero-order chi connectivity index (χ0) is 15.5. The summed E-state index contributed by atoms with van der Waals surface area (Å²) in [5.41, 5.74) is 4.62. The molecule has 1 heterocycles. The quantitative estimate of drug-likeness (QED) is 0.742. The van der Waals surface area contributed by atoms with Gasteiger partial charge >= 0.3 is 5.97 Å². The molecule has 0 spiro atoms. The Hall–Kier alpha value is -1.82. The molecule has 7 heteroatoms. The Morgan fingerprint density at radius 2 is 1.90 bits per heavy atom. The maximum absolute atomic E-state index is 12.3. The van der Waals surface area contributed by atoms with E-state index < -0.39 is 17.4 Å². The molecule has 1 saturated carbocycles. The third-order valence-electron chi connectivity index (χ3n) is 3.82. The average Bonchev–Trinajstić information content (AvgIpc) is 2.65. The largest absolute Gasteiger partial charge is 0.480 e. The summed E-state index contributed by atoms with van der Waals surface area (Å²) in [6.45, 7) is 0. The van der Waals surface area contributed by atoms with Crippen molar-refractivity contribution in [1.82, 2.24) is 10.3 Å². The Bertz CT molecular complexity index is 554. The first kappa shape index (κ1) is 15.6. The van der Waals surface area contributed by atoms with Gasteiger partial charge in [0.15, 0.2) is 5.69 Å². The lowest BCUT2D eigenvalue weighted by atomic mass is 9.90. The van der Waals surface area contributed by atoms with E-state index in [1.807, 2.05) is 0 Å². The van der Waals surface area contributed by atoms with E-state index in [0.717, 1.165) is 25.7 Å². The Morgan fingerprint density at radius 1 is 1.29 bits per heavy atom. The minimum absolute atomic E-state index is 0.00396. The number of carbonyl (C=O) groups excluding carboxylic acids is 1. The first-order chi connectivity index (χ1) is 9.94. The molecule has 0 saturated heterocycles. The number of aromatic nitrogens is 1. The molecule has 1 aromatic heterocycles. The summed E-state index contributed by atoms with van der Waals surface area (Å²) < 4.78 is 0. The van der Waals surface area contributed by atoms with E-state index in [2.05, 4.69) is 10.3 Å². The molecule has 1 fully saturated rings. The van der Waals surface area contributed by atoms with E-state index in [1.165, 1.54) is 12.3 Å². The fraction of sp³-hybridized carbons (Fsp3) is 0.500. The van der Waals surface area contributed by atoms with Gasteiger partial charge in [0.05, 0.1) is 10.7 Å². The van der Waals surface area contributed by atoms with Crippen molar-refractivity contribution in [2.45, 2.75) is 44.1 Å². The van der Waals surface area contributed by atoms with Crippen LogP contribution in [-0.4, -0.2) is 27.5 Å². The lowest BCUT2D eigenvalue weighted by Crippen LogP contribution is -2.54. The smallest absolute Gasteiger partial charge is 0.329 e. The average molecular weight is 312 g/mol. The monoisotopic (exact) mass is 311 g/mol. The molecule has 1 aliphatic rings. The van der Waals surface area contributed by atoms with Gasteiger partial charge in [-0.2, -0.15) is 0 Å². The zero-order valence-corrected chi connectivity index (χ0v) is 12.3. The number of nitrogen functional groups attached to an aromatic ring is 1. The van der Waals surface area contributed by atoms with Crippen molar-refractivity contribution in [3.8, 4) is 0 Å². The van der Waals surface area contributed by atoms with Crippen LogP contribution in [0.5, 0.6) is 0 Å². The van der Waals surface area contributed by atoms with Crippen LogP contribution in [0, 0.1) is 0 Å². The second-order valence-corrected chi connectivity index (χ2v) is 5.78. The molecular weight excluding hydrogens is 294 g/mol. The molecule has 0 atom stereocenters. The molecule has 0 unspecified atom stereocenters. The number of aliphatic carboxylic acids is 1. The summed E-state index contributed by atoms with van der Waals surface area (Å²) in [5, 5.41) is 12.5. The van der Waals surface area contributed by atoms with Gasteiger partial charge in [-0.05, 0) is 18.9 Å². The van der Waals surface area contributed by atoms with Crippen LogP contribution in [0.25, 0.3) is 0 Å². The molecule has 0 bridgehead atoms. The Balaban J connectivity index is 2.24. The van der Waals surface area contributed by atoms with Crippen LogP contribution in [0.15, 0.2) is 12.3 Å². The summed E-state index contributed by atoms with van der Waals surface area (Å²) in [5.74, 6) is -1.58. The topological polar surface area (TPSA) is 105 Å². The summed E-state index contributed by atoms with van der Waals surface area (Å²) in [7, 11) is 0. The highest BCUT2D eigenvalue weighted by Gasteiger charge is 2.40. The minimum atomic E-state index is -1.23. The fourth-order valence-electron chi connectivity index (χ4n) is 2.65. The molecule has 2 rings (SSSR count). The number of hydrogen-bond acceptors (Lipinski definition) is 4. The third-order valence-corrected chi connectivity index (χ3v) is 4.02. The number of nitrogens with two attached hydrogens (primary N) is 1. The van der Waals surface area contributed by atoms with Gasteiger partial charge < -0.3 is 16.2 Å². The van der Waals surface area contributed by atoms with E-state index in [1.54, 1.807) is 0 Å². The molecule has 0 aromatic carbocycles. The molecular formula is C14H18ClN3O3. The maximum atomic E-state index is 12.3. The van der Waals surface area contributed by atoms with Gasteiger partial charge in [0.2, 0.25) is 0 Å². The molecule has 114 valence electrons. The number of carboxylic acid groups (broad SMARTS) is 1. The number of anilines is 1. The normalized spacial score (nSPS) is 17.8. The number of pyridine rings is 1. The third kappa shape index (κ3) is 3.44. The zero-order valence-electron chi connectivity index (χ0n) is 11.6. The van der Waals surface area contributed by atoms with Crippen LogP contribution in [0.1, 0.15) is 49.0 Å². The molecule has 6 nitrogen and oxygen atoms in total. The minimum Gasteiger partial charge on any atom is -0.480 e. The van der Waals surface area contributed by atoms with Crippen molar-refractivity contribution in [3.63, 3.8) is 0 Å². The van der Waals surface area contributed by atoms with Gasteiger partial charge in [-0.3, -0.25) is 4.79 Å². The van der Waals surface area contributed by atoms with Gasteiger partial charge in [-0.1, -0.05) is 37.3 Å². The molecule has 21 heavy (non-hydrogen) atoms. The number of hydrogen-bond donors (Lipinski definition) is 3. The second kappa shape index (κ2) is 6.30. The Morgan fingerprint density at radius 3 is 2.43 bits per heavy atom.